The van der Waals surface area contributed by atoms with Crippen molar-refractivity contribution in [3.63, 3.8) is 0 Å². The molecule has 0 spiro atoms. The number of carbonyl (C=O) groups excluding carboxylic acids is 2. The third kappa shape index (κ3) is 4.30. The summed E-state index contributed by atoms with van der Waals surface area (Å²) < 4.78 is 10.2. The number of benzene rings is 2. The van der Waals surface area contributed by atoms with Gasteiger partial charge in [0.2, 0.25) is 0 Å². The van der Waals surface area contributed by atoms with E-state index >= 15 is 0 Å². The second-order valence-corrected chi connectivity index (χ2v) is 6.12. The monoisotopic (exact) mass is 351 g/mol. The minimum absolute atomic E-state index is 0.168. The number of nitrogens with zero attached hydrogens (tertiary/aromatic N) is 1. The van der Waals surface area contributed by atoms with Gasteiger partial charge in [-0.2, -0.15) is 0 Å². The molecule has 0 saturated carbocycles. The summed E-state index contributed by atoms with van der Waals surface area (Å²) in [6, 6.07) is 18.6. The zero-order valence-electron chi connectivity index (χ0n) is 14.6. The molecule has 134 valence electrons. The van der Waals surface area contributed by atoms with Gasteiger partial charge in [-0.25, -0.2) is 9.59 Å². The van der Waals surface area contributed by atoms with E-state index in [1.165, 1.54) is 12.0 Å². The van der Waals surface area contributed by atoms with Crippen molar-refractivity contribution in [2.24, 2.45) is 0 Å². The zero-order valence-corrected chi connectivity index (χ0v) is 14.6. The third-order valence-electron chi connectivity index (χ3n) is 4.29. The van der Waals surface area contributed by atoms with Crippen molar-refractivity contribution in [1.29, 1.82) is 0 Å². The first-order valence-corrected chi connectivity index (χ1v) is 8.47. The van der Waals surface area contributed by atoms with Crippen LogP contribution in [0.5, 0.6) is 0 Å². The lowest BCUT2D eigenvalue weighted by Gasteiger charge is -2.21. The second kappa shape index (κ2) is 8.34. The lowest BCUT2D eigenvalue weighted by atomic mass is 10.1. The SMILES string of the molecule is COC(=O)[C@@H]1CC(=Cc2ccccc2)CN1C(=O)OCc1ccccc1. The number of carbonyl (C=O) groups is 2. The van der Waals surface area contributed by atoms with Crippen LogP contribution in [0.2, 0.25) is 0 Å². The highest BCUT2D eigenvalue weighted by Gasteiger charge is 2.38. The average Bonchev–Trinajstić information content (AvgIpc) is 3.11. The molecule has 5 nitrogen and oxygen atoms in total. The summed E-state index contributed by atoms with van der Waals surface area (Å²) in [6.07, 6.45) is 1.93. The van der Waals surface area contributed by atoms with Crippen molar-refractivity contribution in [2.75, 3.05) is 13.7 Å². The van der Waals surface area contributed by atoms with E-state index in [0.29, 0.717) is 13.0 Å². The summed E-state index contributed by atoms with van der Waals surface area (Å²) >= 11 is 0. The lowest BCUT2D eigenvalue weighted by Crippen LogP contribution is -2.41. The Hall–Kier alpha value is -3.08. The van der Waals surface area contributed by atoms with Crippen LogP contribution in [0.25, 0.3) is 6.08 Å². The van der Waals surface area contributed by atoms with Gasteiger partial charge in [-0.3, -0.25) is 4.90 Å². The van der Waals surface area contributed by atoms with Crippen LogP contribution < -0.4 is 0 Å². The van der Waals surface area contributed by atoms with Crippen molar-refractivity contribution >= 4 is 18.1 Å². The topological polar surface area (TPSA) is 55.8 Å². The first kappa shape index (κ1) is 17.7. The Morgan fingerprint density at radius 2 is 1.73 bits per heavy atom. The van der Waals surface area contributed by atoms with Gasteiger partial charge in [-0.1, -0.05) is 66.7 Å². The Morgan fingerprint density at radius 3 is 2.38 bits per heavy atom. The van der Waals surface area contributed by atoms with Gasteiger partial charge in [0.1, 0.15) is 12.6 Å². The highest BCUT2D eigenvalue weighted by molar-refractivity contribution is 5.83. The summed E-state index contributed by atoms with van der Waals surface area (Å²) in [5.74, 6) is -0.432. The van der Waals surface area contributed by atoms with Crippen LogP contribution in [0.3, 0.4) is 0 Å². The molecule has 1 aliphatic heterocycles. The quantitative estimate of drug-likeness (QED) is 0.789. The summed E-state index contributed by atoms with van der Waals surface area (Å²) in [5.41, 5.74) is 2.92. The van der Waals surface area contributed by atoms with Crippen LogP contribution in [-0.2, 0) is 20.9 Å². The van der Waals surface area contributed by atoms with Gasteiger partial charge in [-0.15, -0.1) is 0 Å². The molecule has 1 amide bonds. The normalized spacial score (nSPS) is 18.0. The van der Waals surface area contributed by atoms with Crippen LogP contribution in [0.4, 0.5) is 4.79 Å². The van der Waals surface area contributed by atoms with Crippen molar-refractivity contribution in [3.8, 4) is 0 Å². The molecule has 26 heavy (non-hydrogen) atoms. The first-order valence-electron chi connectivity index (χ1n) is 8.47. The summed E-state index contributed by atoms with van der Waals surface area (Å²) in [4.78, 5) is 26.1. The van der Waals surface area contributed by atoms with Crippen molar-refractivity contribution in [2.45, 2.75) is 19.1 Å². The van der Waals surface area contributed by atoms with E-state index in [2.05, 4.69) is 0 Å². The average molecular weight is 351 g/mol. The number of rotatable bonds is 4. The molecule has 0 unspecified atom stereocenters. The standard InChI is InChI=1S/C21H21NO4/c1-25-20(23)19-13-18(12-16-8-4-2-5-9-16)14-22(19)21(24)26-15-17-10-6-3-7-11-17/h2-12,19H,13-15H2,1H3/t19-/m0/s1. The van der Waals surface area contributed by atoms with E-state index in [4.69, 9.17) is 9.47 Å². The Balaban J connectivity index is 1.71. The number of methoxy groups -OCH3 is 1. The predicted octanol–water partition coefficient (Wildman–Crippen LogP) is 3.65. The first-order chi connectivity index (χ1) is 12.7. The molecule has 0 radical (unpaired) electrons. The molecule has 2 aromatic carbocycles. The number of hydrogen-bond donors (Lipinski definition) is 0. The van der Waals surface area contributed by atoms with Gasteiger partial charge < -0.3 is 9.47 Å². The molecule has 1 atom stereocenters. The molecule has 1 aliphatic rings. The molecule has 0 N–H and O–H groups in total. The maximum absolute atomic E-state index is 12.5. The second-order valence-electron chi connectivity index (χ2n) is 6.12. The molecule has 0 aromatic heterocycles. The van der Waals surface area contributed by atoms with Crippen LogP contribution in [0.1, 0.15) is 17.5 Å². The lowest BCUT2D eigenvalue weighted by molar-refractivity contribution is -0.145. The van der Waals surface area contributed by atoms with Crippen molar-refractivity contribution in [1.82, 2.24) is 4.90 Å². The van der Waals surface area contributed by atoms with E-state index < -0.39 is 18.1 Å². The molecular weight excluding hydrogens is 330 g/mol. The molecule has 5 heteroatoms. The van der Waals surface area contributed by atoms with Gasteiger partial charge in [0.15, 0.2) is 0 Å². The Morgan fingerprint density at radius 1 is 1.08 bits per heavy atom. The molecule has 1 heterocycles. The number of amides is 1. The number of hydrogen-bond acceptors (Lipinski definition) is 4. The molecule has 3 rings (SSSR count). The fourth-order valence-electron chi connectivity index (χ4n) is 2.98. The Bertz CT molecular complexity index is 786. The van der Waals surface area contributed by atoms with E-state index in [0.717, 1.165) is 16.7 Å². The predicted molar refractivity (Wildman–Crippen MR) is 98.2 cm³/mol. The van der Waals surface area contributed by atoms with Gasteiger partial charge in [-0.05, 0) is 16.7 Å². The van der Waals surface area contributed by atoms with Gasteiger partial charge >= 0.3 is 12.1 Å². The highest BCUT2D eigenvalue weighted by atomic mass is 16.6. The number of likely N-dealkylation sites (tertiary alicyclic amines) is 1. The minimum Gasteiger partial charge on any atom is -0.467 e. The minimum atomic E-state index is -0.654. The summed E-state index contributed by atoms with van der Waals surface area (Å²) in [5, 5.41) is 0. The third-order valence-corrected chi connectivity index (χ3v) is 4.29. The van der Waals surface area contributed by atoms with Crippen LogP contribution in [0, 0.1) is 0 Å². The summed E-state index contributed by atoms with van der Waals surface area (Å²) in [6.45, 7) is 0.518. The largest absolute Gasteiger partial charge is 0.467 e. The number of ether oxygens (including phenoxy) is 2. The summed E-state index contributed by atoms with van der Waals surface area (Å²) in [7, 11) is 1.33. The maximum Gasteiger partial charge on any atom is 0.411 e. The maximum atomic E-state index is 12.5. The molecule has 0 aliphatic carbocycles. The smallest absolute Gasteiger partial charge is 0.411 e. The van der Waals surface area contributed by atoms with Crippen molar-refractivity contribution in [3.05, 3.63) is 77.4 Å². The molecule has 0 bridgehead atoms. The van der Waals surface area contributed by atoms with E-state index in [-0.39, 0.29) is 6.61 Å². The van der Waals surface area contributed by atoms with E-state index in [1.807, 2.05) is 66.7 Å². The van der Waals surface area contributed by atoms with Gasteiger partial charge in [0.25, 0.3) is 0 Å². The Kier molecular flexibility index (Phi) is 5.69. The number of esters is 1. The van der Waals surface area contributed by atoms with E-state index in [9.17, 15) is 9.59 Å². The van der Waals surface area contributed by atoms with Gasteiger partial charge in [0.05, 0.1) is 7.11 Å². The molecule has 2 aromatic rings. The van der Waals surface area contributed by atoms with Crippen LogP contribution in [0.15, 0.2) is 66.2 Å². The zero-order chi connectivity index (χ0) is 18.4. The highest BCUT2D eigenvalue weighted by Crippen LogP contribution is 2.26. The van der Waals surface area contributed by atoms with Gasteiger partial charge in [0, 0.05) is 13.0 Å². The molecule has 1 fully saturated rings. The van der Waals surface area contributed by atoms with E-state index in [1.54, 1.807) is 0 Å². The van der Waals surface area contributed by atoms with Crippen molar-refractivity contribution < 1.29 is 19.1 Å². The molecule has 1 saturated heterocycles. The fraction of sp³-hybridized carbons (Fsp3) is 0.238. The fourth-order valence-corrected chi connectivity index (χ4v) is 2.98. The molecular formula is C21H21NO4. The van der Waals surface area contributed by atoms with Crippen LogP contribution in [-0.4, -0.2) is 36.7 Å². The Labute approximate surface area is 152 Å². The van der Waals surface area contributed by atoms with Crippen LogP contribution >= 0.6 is 0 Å².